The summed E-state index contributed by atoms with van der Waals surface area (Å²) < 4.78 is 45.4. The molecule has 1 aromatic carbocycles. The van der Waals surface area contributed by atoms with Gasteiger partial charge in [0.1, 0.15) is 23.0 Å². The van der Waals surface area contributed by atoms with Crippen molar-refractivity contribution >= 4 is 10.0 Å². The maximum Gasteiger partial charge on any atom is 0.220 e. The summed E-state index contributed by atoms with van der Waals surface area (Å²) in [4.78, 5) is 0. The molecule has 2 rings (SSSR count). The summed E-state index contributed by atoms with van der Waals surface area (Å²) in [7, 11) is -3.61. The predicted octanol–water partition coefficient (Wildman–Crippen LogP) is 3.25. The molecular weight excluding hydrogens is 319 g/mol. The van der Waals surface area contributed by atoms with Crippen LogP contribution in [0.5, 0.6) is 0 Å². The smallest absolute Gasteiger partial charge is 0.220 e. The molecule has 0 aliphatic heterocycles. The first-order chi connectivity index (χ1) is 10.9. The van der Waals surface area contributed by atoms with Crippen LogP contribution in [0.3, 0.4) is 0 Å². The maximum atomic E-state index is 13.8. The van der Waals surface area contributed by atoms with Gasteiger partial charge in [0.25, 0.3) is 0 Å². The monoisotopic (exact) mass is 340 g/mol. The maximum absolute atomic E-state index is 13.8. The van der Waals surface area contributed by atoms with E-state index in [0.29, 0.717) is 30.0 Å². The van der Waals surface area contributed by atoms with Crippen LogP contribution >= 0.6 is 0 Å². The first-order valence-corrected chi connectivity index (χ1v) is 9.16. The van der Waals surface area contributed by atoms with Crippen LogP contribution in [-0.4, -0.2) is 24.4 Å². The lowest BCUT2D eigenvalue weighted by Crippen LogP contribution is -2.33. The summed E-state index contributed by atoms with van der Waals surface area (Å²) in [5.41, 5.74) is 0.723. The van der Waals surface area contributed by atoms with Crippen molar-refractivity contribution in [2.75, 3.05) is 6.54 Å². The van der Waals surface area contributed by atoms with Gasteiger partial charge in [-0.05, 0) is 19.4 Å². The molecular formula is C16H21FN2O3S. The molecule has 23 heavy (non-hydrogen) atoms. The highest BCUT2D eigenvalue weighted by Gasteiger charge is 2.24. The number of rotatable bonds is 8. The van der Waals surface area contributed by atoms with Crippen molar-refractivity contribution in [2.24, 2.45) is 0 Å². The van der Waals surface area contributed by atoms with Gasteiger partial charge in [-0.1, -0.05) is 36.7 Å². The number of aromatic nitrogens is 1. The van der Waals surface area contributed by atoms with Crippen molar-refractivity contribution in [3.63, 3.8) is 0 Å². The van der Waals surface area contributed by atoms with Crippen molar-refractivity contribution in [1.29, 1.82) is 0 Å². The van der Waals surface area contributed by atoms with Crippen LogP contribution in [-0.2, 0) is 22.3 Å². The number of sulfonamides is 1. The topological polar surface area (TPSA) is 63.4 Å². The molecule has 0 aliphatic rings. The first kappa shape index (κ1) is 17.6. The number of nitrogens with zero attached hydrogens (tertiary/aromatic N) is 2. The molecule has 0 unspecified atom stereocenters. The van der Waals surface area contributed by atoms with E-state index in [0.717, 1.165) is 6.42 Å². The van der Waals surface area contributed by atoms with Crippen LogP contribution in [0.1, 0.15) is 36.8 Å². The molecule has 0 N–H and O–H groups in total. The molecule has 0 saturated carbocycles. The Balaban J connectivity index is 2.20. The van der Waals surface area contributed by atoms with Gasteiger partial charge in [0.15, 0.2) is 0 Å². The Labute approximate surface area is 136 Å². The van der Waals surface area contributed by atoms with Crippen LogP contribution < -0.4 is 0 Å². The van der Waals surface area contributed by atoms with Gasteiger partial charge in [-0.15, -0.1) is 0 Å². The zero-order valence-corrected chi connectivity index (χ0v) is 14.1. The molecule has 0 amide bonds. The second-order valence-corrected chi connectivity index (χ2v) is 7.43. The van der Waals surface area contributed by atoms with E-state index in [1.165, 1.54) is 10.4 Å². The Morgan fingerprint density at radius 2 is 2.04 bits per heavy atom. The van der Waals surface area contributed by atoms with Gasteiger partial charge in [-0.3, -0.25) is 0 Å². The number of hydrogen-bond donors (Lipinski definition) is 0. The van der Waals surface area contributed by atoms with E-state index in [2.05, 4.69) is 5.16 Å². The quantitative estimate of drug-likeness (QED) is 0.740. The van der Waals surface area contributed by atoms with Crippen molar-refractivity contribution in [3.8, 4) is 0 Å². The fourth-order valence-electron chi connectivity index (χ4n) is 2.23. The fourth-order valence-corrected chi connectivity index (χ4v) is 3.67. The second-order valence-electron chi connectivity index (χ2n) is 5.46. The molecule has 0 bridgehead atoms. The molecule has 0 fully saturated rings. The lowest BCUT2D eigenvalue weighted by atomic mass is 10.2. The van der Waals surface area contributed by atoms with Gasteiger partial charge < -0.3 is 4.52 Å². The van der Waals surface area contributed by atoms with Gasteiger partial charge in [0.2, 0.25) is 10.0 Å². The van der Waals surface area contributed by atoms with Gasteiger partial charge >= 0.3 is 0 Å². The summed E-state index contributed by atoms with van der Waals surface area (Å²) in [5.74, 6) is -0.0893. The summed E-state index contributed by atoms with van der Waals surface area (Å²) in [5, 5.41) is 3.73. The van der Waals surface area contributed by atoms with Gasteiger partial charge in [-0.2, -0.15) is 4.31 Å². The number of aryl methyl sites for hydroxylation is 1. The van der Waals surface area contributed by atoms with E-state index < -0.39 is 15.8 Å². The zero-order chi connectivity index (χ0) is 16.9. The molecule has 5 nitrogen and oxygen atoms in total. The van der Waals surface area contributed by atoms with Crippen molar-refractivity contribution in [3.05, 3.63) is 53.2 Å². The summed E-state index contributed by atoms with van der Waals surface area (Å²) in [6, 6.07) is 7.82. The average Bonchev–Trinajstić information content (AvgIpc) is 2.89. The first-order valence-electron chi connectivity index (χ1n) is 7.56. The largest absolute Gasteiger partial charge is 0.361 e. The Morgan fingerprint density at radius 1 is 1.30 bits per heavy atom. The summed E-state index contributed by atoms with van der Waals surface area (Å²) in [6.45, 7) is 4.06. The van der Waals surface area contributed by atoms with E-state index in [9.17, 15) is 12.8 Å². The molecule has 2 aromatic rings. The number of unbranched alkanes of at least 4 members (excludes halogenated alkanes) is 1. The van der Waals surface area contributed by atoms with Gasteiger partial charge in [0, 0.05) is 24.7 Å². The SMILES string of the molecule is CCCCN(Cc1ccccc1F)S(=O)(=O)Cc1cc(C)on1. The highest BCUT2D eigenvalue weighted by atomic mass is 32.2. The van der Waals surface area contributed by atoms with Gasteiger partial charge in [0.05, 0.1) is 0 Å². The third-order valence-corrected chi connectivity index (χ3v) is 5.23. The van der Waals surface area contributed by atoms with Crippen LogP contribution in [0, 0.1) is 12.7 Å². The molecule has 7 heteroatoms. The average molecular weight is 340 g/mol. The van der Waals surface area contributed by atoms with Crippen LogP contribution in [0.4, 0.5) is 4.39 Å². The van der Waals surface area contributed by atoms with E-state index in [1.807, 2.05) is 6.92 Å². The Hall–Kier alpha value is -1.73. The lowest BCUT2D eigenvalue weighted by Gasteiger charge is -2.22. The van der Waals surface area contributed by atoms with E-state index >= 15 is 0 Å². The Kier molecular flexibility index (Phi) is 5.90. The molecule has 0 spiro atoms. The van der Waals surface area contributed by atoms with Crippen molar-refractivity contribution in [2.45, 2.75) is 39.0 Å². The molecule has 0 atom stereocenters. The van der Waals surface area contributed by atoms with E-state index in [1.54, 1.807) is 31.2 Å². The van der Waals surface area contributed by atoms with Crippen LogP contribution in [0.25, 0.3) is 0 Å². The Bertz CT molecular complexity index is 743. The predicted molar refractivity (Wildman–Crippen MR) is 85.6 cm³/mol. The minimum Gasteiger partial charge on any atom is -0.361 e. The molecule has 1 heterocycles. The number of benzene rings is 1. The second kappa shape index (κ2) is 7.70. The minimum atomic E-state index is -3.61. The van der Waals surface area contributed by atoms with Crippen molar-refractivity contribution in [1.82, 2.24) is 9.46 Å². The van der Waals surface area contributed by atoms with Gasteiger partial charge in [-0.25, -0.2) is 12.8 Å². The molecule has 0 aliphatic carbocycles. The fraction of sp³-hybridized carbons (Fsp3) is 0.438. The normalized spacial score (nSPS) is 12.0. The standard InChI is InChI=1S/C16H21FN2O3S/c1-3-4-9-19(11-14-7-5-6-8-16(14)17)23(20,21)12-15-10-13(2)22-18-15/h5-8,10H,3-4,9,11-12H2,1-2H3. The molecule has 0 radical (unpaired) electrons. The lowest BCUT2D eigenvalue weighted by molar-refractivity contribution is 0.382. The van der Waals surface area contributed by atoms with E-state index in [4.69, 9.17) is 4.52 Å². The number of hydrogen-bond acceptors (Lipinski definition) is 4. The molecule has 0 saturated heterocycles. The van der Waals surface area contributed by atoms with E-state index in [-0.39, 0.29) is 12.3 Å². The summed E-state index contributed by atoms with van der Waals surface area (Å²) >= 11 is 0. The molecule has 1 aromatic heterocycles. The Morgan fingerprint density at radius 3 is 2.65 bits per heavy atom. The minimum absolute atomic E-state index is 0.0197. The highest BCUT2D eigenvalue weighted by Crippen LogP contribution is 2.17. The highest BCUT2D eigenvalue weighted by molar-refractivity contribution is 7.88. The van der Waals surface area contributed by atoms with Crippen molar-refractivity contribution < 1.29 is 17.3 Å². The summed E-state index contributed by atoms with van der Waals surface area (Å²) in [6.07, 6.45) is 1.57. The van der Waals surface area contributed by atoms with Crippen LogP contribution in [0.2, 0.25) is 0 Å². The van der Waals surface area contributed by atoms with Crippen LogP contribution in [0.15, 0.2) is 34.9 Å². The third-order valence-electron chi connectivity index (χ3n) is 3.47. The third kappa shape index (κ3) is 4.87. The number of halogens is 1. The molecule has 126 valence electrons. The zero-order valence-electron chi connectivity index (χ0n) is 13.3.